The number of ether oxygens (including phenoxy) is 1. The Balaban J connectivity index is 1.45. The number of thioether (sulfide) groups is 1. The molecular formula is C32H39N3O7S2Si. The molecule has 3 aromatic rings. The zero-order valence-electron chi connectivity index (χ0n) is 26.1. The first kappa shape index (κ1) is 33.3. The molecule has 1 aromatic heterocycles. The van der Waals surface area contributed by atoms with E-state index in [1.54, 1.807) is 17.0 Å². The second-order valence-electron chi connectivity index (χ2n) is 11.6. The monoisotopic (exact) mass is 669 g/mol. The molecule has 240 valence electrons. The van der Waals surface area contributed by atoms with Crippen LogP contribution in [0.1, 0.15) is 45.7 Å². The average Bonchev–Trinajstić information content (AvgIpc) is 3.56. The predicted molar refractivity (Wildman–Crippen MR) is 177 cm³/mol. The number of nitro groups is 1. The van der Waals surface area contributed by atoms with Crippen molar-refractivity contribution in [2.75, 3.05) is 6.61 Å². The lowest BCUT2D eigenvalue weighted by Gasteiger charge is -2.49. The Hall–Kier alpha value is -3.10. The molecule has 4 atom stereocenters. The van der Waals surface area contributed by atoms with Gasteiger partial charge in [0.2, 0.25) is 5.91 Å². The number of aromatic nitrogens is 1. The van der Waals surface area contributed by atoms with Crippen molar-refractivity contribution >= 4 is 59.2 Å². The third-order valence-electron chi connectivity index (χ3n) is 9.24. The molecule has 5 rings (SSSR count). The number of carbonyl (C=O) groups is 2. The Morgan fingerprint density at radius 1 is 1.18 bits per heavy atom. The van der Waals surface area contributed by atoms with E-state index < -0.39 is 19.2 Å². The van der Waals surface area contributed by atoms with Crippen LogP contribution in [-0.2, 0) is 31.8 Å². The van der Waals surface area contributed by atoms with Crippen LogP contribution in [-0.4, -0.2) is 58.9 Å². The van der Waals surface area contributed by atoms with E-state index in [-0.39, 0.29) is 54.5 Å². The quantitative estimate of drug-likeness (QED) is 0.0657. The number of rotatable bonds is 14. The van der Waals surface area contributed by atoms with Gasteiger partial charge in [0, 0.05) is 29.6 Å². The maximum absolute atomic E-state index is 13.8. The summed E-state index contributed by atoms with van der Waals surface area (Å²) in [6.07, 6.45) is 0.213. The molecule has 1 fully saturated rings. The molecule has 1 amide bonds. The number of non-ortho nitro benzene ring substituents is 1. The van der Waals surface area contributed by atoms with Gasteiger partial charge in [-0.05, 0) is 60.8 Å². The van der Waals surface area contributed by atoms with Gasteiger partial charge in [-0.2, -0.15) is 0 Å². The average molecular weight is 670 g/mol. The summed E-state index contributed by atoms with van der Waals surface area (Å²) in [5.41, 5.74) is 2.56. The minimum absolute atomic E-state index is 0.0185. The van der Waals surface area contributed by atoms with Crippen molar-refractivity contribution < 1.29 is 28.8 Å². The van der Waals surface area contributed by atoms with Gasteiger partial charge in [-0.25, -0.2) is 9.78 Å². The SMILES string of the molecule is CC[Si](CC)(CC)O[C@H](C)[C@H]1C(=O)N2C(C(=O)OCc3ccc([N+](=O)[O-])cc3)=C(Sc3nc4c(CCO)cccc4s3)[C@H](C)[C@H]12. The van der Waals surface area contributed by atoms with E-state index in [2.05, 4.69) is 20.8 Å². The summed E-state index contributed by atoms with van der Waals surface area (Å²) in [7, 11) is -1.98. The minimum Gasteiger partial charge on any atom is -0.456 e. The molecule has 45 heavy (non-hydrogen) atoms. The second kappa shape index (κ2) is 13.7. The van der Waals surface area contributed by atoms with Crippen LogP contribution in [0.5, 0.6) is 0 Å². The van der Waals surface area contributed by atoms with Crippen molar-refractivity contribution in [3.05, 3.63) is 74.3 Å². The first-order chi connectivity index (χ1) is 21.6. The van der Waals surface area contributed by atoms with Gasteiger partial charge in [-0.15, -0.1) is 11.3 Å². The number of para-hydroxylation sites is 1. The molecule has 13 heteroatoms. The largest absolute Gasteiger partial charge is 0.456 e. The highest BCUT2D eigenvalue weighted by molar-refractivity contribution is 8.04. The maximum atomic E-state index is 13.8. The summed E-state index contributed by atoms with van der Waals surface area (Å²) in [4.78, 5) is 45.3. The van der Waals surface area contributed by atoms with E-state index in [0.29, 0.717) is 12.0 Å². The van der Waals surface area contributed by atoms with E-state index >= 15 is 0 Å². The summed E-state index contributed by atoms with van der Waals surface area (Å²) in [6, 6.07) is 14.4. The van der Waals surface area contributed by atoms with Crippen LogP contribution in [0.4, 0.5) is 5.69 Å². The summed E-state index contributed by atoms with van der Waals surface area (Å²) in [5, 5.41) is 20.6. The van der Waals surface area contributed by atoms with E-state index in [9.17, 15) is 24.8 Å². The molecule has 0 aliphatic carbocycles. The van der Waals surface area contributed by atoms with Crippen LogP contribution < -0.4 is 0 Å². The number of β-lactam (4-membered cyclic amide) rings is 1. The fourth-order valence-electron chi connectivity index (χ4n) is 6.48. The standard InChI is InChI=1S/C32H39N3O7S2Si/c1-6-45(7-2,8-3)42-20(5)25-27-19(4)29(44-32-33-26-22(16-17-36)10-9-11-24(26)43-32)28(34(27)30(25)37)31(38)41-18-21-12-14-23(15-13-21)35(39)40/h9-15,19-20,25,27,36H,6-8,16-18H2,1-5H3/t19-,20-,25-,27-/m1/s1. The Morgan fingerprint density at radius 3 is 2.49 bits per heavy atom. The molecule has 0 radical (unpaired) electrons. The van der Waals surface area contributed by atoms with Crippen molar-refractivity contribution in [3.8, 4) is 0 Å². The Kier molecular flexibility index (Phi) is 10.1. The number of amides is 1. The van der Waals surface area contributed by atoms with Gasteiger partial charge in [0.05, 0.1) is 33.2 Å². The zero-order chi connectivity index (χ0) is 32.5. The number of aliphatic hydroxyl groups is 1. The fraction of sp³-hybridized carbons (Fsp3) is 0.469. The van der Waals surface area contributed by atoms with Gasteiger partial charge < -0.3 is 19.2 Å². The van der Waals surface area contributed by atoms with Crippen LogP contribution in [0.15, 0.2) is 57.4 Å². The van der Waals surface area contributed by atoms with Crippen LogP contribution in [0.3, 0.4) is 0 Å². The lowest BCUT2D eigenvalue weighted by molar-refractivity contribution is -0.384. The number of hydrogen-bond donors (Lipinski definition) is 1. The Labute approximate surface area is 272 Å². The number of benzene rings is 2. The molecule has 2 aliphatic heterocycles. The highest BCUT2D eigenvalue weighted by Gasteiger charge is 2.61. The number of hydrogen-bond acceptors (Lipinski definition) is 10. The van der Waals surface area contributed by atoms with Gasteiger partial charge in [-0.1, -0.05) is 51.6 Å². The second-order valence-corrected chi connectivity index (χ2v) is 18.7. The van der Waals surface area contributed by atoms with Crippen molar-refractivity contribution in [1.29, 1.82) is 0 Å². The third kappa shape index (κ3) is 6.33. The van der Waals surface area contributed by atoms with Gasteiger partial charge in [0.1, 0.15) is 12.3 Å². The number of carbonyl (C=O) groups excluding carboxylic acids is 2. The van der Waals surface area contributed by atoms with Crippen molar-refractivity contribution in [3.63, 3.8) is 0 Å². The number of esters is 1. The van der Waals surface area contributed by atoms with Gasteiger partial charge in [0.25, 0.3) is 5.69 Å². The topological polar surface area (TPSA) is 132 Å². The summed E-state index contributed by atoms with van der Waals surface area (Å²) < 4.78 is 14.2. The maximum Gasteiger partial charge on any atom is 0.356 e. The molecule has 3 heterocycles. The lowest BCUT2D eigenvalue weighted by atomic mass is 9.79. The molecule has 0 bridgehead atoms. The number of fused-ring (bicyclic) bond motifs is 2. The molecular weight excluding hydrogens is 631 g/mol. The number of nitro benzene ring substituents is 1. The number of nitrogens with zero attached hydrogens (tertiary/aromatic N) is 3. The molecule has 0 saturated carbocycles. The van der Waals surface area contributed by atoms with Crippen LogP contribution in [0, 0.1) is 22.0 Å². The molecule has 1 saturated heterocycles. The minimum atomic E-state index is -1.98. The highest BCUT2D eigenvalue weighted by atomic mass is 32.2. The van der Waals surface area contributed by atoms with Crippen molar-refractivity contribution in [1.82, 2.24) is 9.88 Å². The molecule has 2 aliphatic rings. The smallest absolute Gasteiger partial charge is 0.356 e. The fourth-order valence-corrected chi connectivity index (χ4v) is 11.8. The van der Waals surface area contributed by atoms with E-state index in [0.717, 1.165) is 43.2 Å². The van der Waals surface area contributed by atoms with Crippen LogP contribution in [0.2, 0.25) is 18.1 Å². The van der Waals surface area contributed by atoms with Crippen molar-refractivity contribution in [2.24, 2.45) is 11.8 Å². The van der Waals surface area contributed by atoms with Crippen LogP contribution in [0.25, 0.3) is 10.2 Å². The van der Waals surface area contributed by atoms with Crippen LogP contribution >= 0.6 is 23.1 Å². The van der Waals surface area contributed by atoms with E-state index in [4.69, 9.17) is 14.1 Å². The molecule has 2 aromatic carbocycles. The van der Waals surface area contributed by atoms with E-state index in [1.165, 1.54) is 35.2 Å². The van der Waals surface area contributed by atoms with Crippen molar-refractivity contribution in [2.45, 2.75) is 82.3 Å². The number of aliphatic hydroxyl groups excluding tert-OH is 1. The highest BCUT2D eigenvalue weighted by Crippen LogP contribution is 2.53. The third-order valence-corrected chi connectivity index (χ3v) is 16.3. The molecule has 1 N–H and O–H groups in total. The lowest BCUT2D eigenvalue weighted by Crippen LogP contribution is -2.65. The molecule has 0 spiro atoms. The van der Waals surface area contributed by atoms with Gasteiger partial charge in [-0.3, -0.25) is 14.9 Å². The Bertz CT molecular complexity index is 1610. The molecule has 10 nitrogen and oxygen atoms in total. The Morgan fingerprint density at radius 2 is 1.87 bits per heavy atom. The van der Waals surface area contributed by atoms with E-state index in [1.807, 2.05) is 32.0 Å². The summed E-state index contributed by atoms with van der Waals surface area (Å²) in [6.45, 7) is 10.5. The van der Waals surface area contributed by atoms with Gasteiger partial charge in [0.15, 0.2) is 12.7 Å². The number of thiazole rings is 1. The first-order valence-electron chi connectivity index (χ1n) is 15.4. The first-order valence-corrected chi connectivity index (χ1v) is 19.6. The van der Waals surface area contributed by atoms with Gasteiger partial charge >= 0.3 is 5.97 Å². The predicted octanol–water partition coefficient (Wildman–Crippen LogP) is 6.67. The zero-order valence-corrected chi connectivity index (χ0v) is 28.8. The molecule has 0 unspecified atom stereocenters. The summed E-state index contributed by atoms with van der Waals surface area (Å²) in [5.74, 6) is -1.29. The summed E-state index contributed by atoms with van der Waals surface area (Å²) >= 11 is 2.90. The normalized spacial score (nSPS) is 20.4.